The summed E-state index contributed by atoms with van der Waals surface area (Å²) in [5, 5.41) is 2.19. The number of hydrogen-bond acceptors (Lipinski definition) is 6. The van der Waals surface area contributed by atoms with E-state index in [0.717, 1.165) is 48.8 Å². The molecule has 1 aliphatic rings. The first-order chi connectivity index (χ1) is 13.7. The average Bonchev–Trinajstić information content (AvgIpc) is 3.32. The van der Waals surface area contributed by atoms with E-state index in [4.69, 9.17) is 15.0 Å². The molecule has 0 aromatic carbocycles. The van der Waals surface area contributed by atoms with Crippen LogP contribution in [0.1, 0.15) is 63.3 Å². The minimum absolute atomic E-state index is 0.876. The van der Waals surface area contributed by atoms with Crippen LogP contribution < -0.4 is 4.90 Å². The second-order valence-electron chi connectivity index (χ2n) is 7.55. The molecular formula is C22H30N4S2. The van der Waals surface area contributed by atoms with Gasteiger partial charge >= 0.3 is 0 Å². The number of aromatic nitrogens is 3. The number of fused-ring (bicyclic) bond motifs is 5. The van der Waals surface area contributed by atoms with Gasteiger partial charge in [-0.15, -0.1) is 11.3 Å². The molecule has 3 aromatic rings. The normalized spacial score (nSPS) is 13.6. The standard InChI is InChI=1S/C22H30N4S2/c1-5-8-13-26(7-3)20-19-18(24-22(25-20)27-4)17-15-12-9-11-14(15)16(10-6-2)23-21(17)28-19/h5-13H2,1-4H3. The third-order valence-corrected chi connectivity index (χ3v) is 7.33. The van der Waals surface area contributed by atoms with E-state index in [-0.39, 0.29) is 0 Å². The van der Waals surface area contributed by atoms with Gasteiger partial charge in [-0.2, -0.15) is 0 Å². The van der Waals surface area contributed by atoms with Crippen molar-refractivity contribution in [2.75, 3.05) is 24.2 Å². The van der Waals surface area contributed by atoms with E-state index in [1.54, 1.807) is 23.1 Å². The van der Waals surface area contributed by atoms with Gasteiger partial charge in [0.25, 0.3) is 0 Å². The molecule has 0 saturated heterocycles. The van der Waals surface area contributed by atoms with E-state index >= 15 is 0 Å². The number of hydrogen-bond donors (Lipinski definition) is 0. The minimum atomic E-state index is 0.876. The van der Waals surface area contributed by atoms with E-state index < -0.39 is 0 Å². The maximum atomic E-state index is 5.14. The molecule has 4 rings (SSSR count). The summed E-state index contributed by atoms with van der Waals surface area (Å²) in [6.07, 6.45) is 10.3. The Bertz CT molecular complexity index is 996. The van der Waals surface area contributed by atoms with Gasteiger partial charge in [0.05, 0.1) is 10.2 Å². The highest BCUT2D eigenvalue weighted by Crippen LogP contribution is 2.43. The van der Waals surface area contributed by atoms with Crippen molar-refractivity contribution in [3.05, 3.63) is 16.8 Å². The molecule has 0 aliphatic heterocycles. The topological polar surface area (TPSA) is 41.9 Å². The number of unbranched alkanes of at least 4 members (excludes halogenated alkanes) is 1. The second kappa shape index (κ2) is 8.54. The number of anilines is 1. The van der Waals surface area contributed by atoms with Crippen molar-refractivity contribution >= 4 is 49.3 Å². The van der Waals surface area contributed by atoms with Crippen LogP contribution in [0.2, 0.25) is 0 Å². The summed E-state index contributed by atoms with van der Waals surface area (Å²) < 4.78 is 1.22. The predicted molar refractivity (Wildman–Crippen MR) is 123 cm³/mol. The molecule has 3 aromatic heterocycles. The highest BCUT2D eigenvalue weighted by molar-refractivity contribution is 7.98. The summed E-state index contributed by atoms with van der Waals surface area (Å²) in [5.41, 5.74) is 5.50. The molecule has 0 amide bonds. The minimum Gasteiger partial charge on any atom is -0.356 e. The molecule has 0 atom stereocenters. The zero-order chi connectivity index (χ0) is 19.7. The lowest BCUT2D eigenvalue weighted by Gasteiger charge is -2.22. The smallest absolute Gasteiger partial charge is 0.189 e. The number of pyridine rings is 1. The van der Waals surface area contributed by atoms with Crippen LogP contribution in [-0.4, -0.2) is 34.3 Å². The van der Waals surface area contributed by atoms with Gasteiger partial charge in [-0.25, -0.2) is 15.0 Å². The quantitative estimate of drug-likeness (QED) is 0.332. The van der Waals surface area contributed by atoms with Gasteiger partial charge in [0.15, 0.2) is 11.0 Å². The van der Waals surface area contributed by atoms with E-state index in [9.17, 15) is 0 Å². The Morgan fingerprint density at radius 1 is 1.04 bits per heavy atom. The van der Waals surface area contributed by atoms with Crippen molar-refractivity contribution in [3.63, 3.8) is 0 Å². The first-order valence-electron chi connectivity index (χ1n) is 10.7. The van der Waals surface area contributed by atoms with Crippen LogP contribution in [0.15, 0.2) is 5.16 Å². The average molecular weight is 415 g/mol. The summed E-state index contributed by atoms with van der Waals surface area (Å²) in [7, 11) is 0. The van der Waals surface area contributed by atoms with E-state index in [0.29, 0.717) is 0 Å². The van der Waals surface area contributed by atoms with Crippen LogP contribution in [-0.2, 0) is 19.3 Å². The van der Waals surface area contributed by atoms with Crippen molar-refractivity contribution < 1.29 is 0 Å². The molecule has 0 spiro atoms. The fourth-order valence-corrected chi connectivity index (χ4v) is 5.86. The zero-order valence-electron chi connectivity index (χ0n) is 17.5. The van der Waals surface area contributed by atoms with Crippen LogP contribution in [0.5, 0.6) is 0 Å². The van der Waals surface area contributed by atoms with E-state index in [1.807, 2.05) is 0 Å². The van der Waals surface area contributed by atoms with Crippen LogP contribution in [0, 0.1) is 0 Å². The summed E-state index contributed by atoms with van der Waals surface area (Å²) in [5.74, 6) is 1.11. The Kier molecular flexibility index (Phi) is 6.07. The highest BCUT2D eigenvalue weighted by Gasteiger charge is 2.25. The highest BCUT2D eigenvalue weighted by atomic mass is 32.2. The zero-order valence-corrected chi connectivity index (χ0v) is 19.1. The van der Waals surface area contributed by atoms with Crippen LogP contribution in [0.25, 0.3) is 20.4 Å². The van der Waals surface area contributed by atoms with Gasteiger partial charge in [0.1, 0.15) is 4.83 Å². The SMILES string of the molecule is CCCCN(CC)c1nc(SC)nc2c1sc1nc(CCC)c3c(c12)CCC3. The summed E-state index contributed by atoms with van der Waals surface area (Å²) in [6.45, 7) is 8.75. The van der Waals surface area contributed by atoms with Gasteiger partial charge in [0, 0.05) is 24.2 Å². The molecule has 4 nitrogen and oxygen atoms in total. The number of thiophene rings is 1. The van der Waals surface area contributed by atoms with E-state index in [2.05, 4.69) is 31.9 Å². The Hall–Kier alpha value is -1.40. The maximum Gasteiger partial charge on any atom is 0.189 e. The van der Waals surface area contributed by atoms with Crippen LogP contribution in [0.4, 0.5) is 5.82 Å². The number of thioether (sulfide) groups is 1. The maximum absolute atomic E-state index is 5.14. The number of aryl methyl sites for hydroxylation is 2. The van der Waals surface area contributed by atoms with Gasteiger partial charge < -0.3 is 4.90 Å². The molecule has 28 heavy (non-hydrogen) atoms. The van der Waals surface area contributed by atoms with Crippen molar-refractivity contribution in [1.82, 2.24) is 15.0 Å². The van der Waals surface area contributed by atoms with Gasteiger partial charge in [-0.05, 0) is 56.4 Å². The number of nitrogens with zero attached hydrogens (tertiary/aromatic N) is 4. The summed E-state index contributed by atoms with van der Waals surface area (Å²) in [6, 6.07) is 0. The second-order valence-corrected chi connectivity index (χ2v) is 9.32. The molecule has 3 heterocycles. The molecule has 0 unspecified atom stereocenters. The largest absolute Gasteiger partial charge is 0.356 e. The van der Waals surface area contributed by atoms with Gasteiger partial charge in [0.2, 0.25) is 0 Å². The molecule has 0 bridgehead atoms. The summed E-state index contributed by atoms with van der Waals surface area (Å²) in [4.78, 5) is 18.7. The molecule has 6 heteroatoms. The number of rotatable bonds is 8. The first kappa shape index (κ1) is 19.9. The van der Waals surface area contributed by atoms with E-state index in [1.165, 1.54) is 57.4 Å². The Morgan fingerprint density at radius 2 is 1.86 bits per heavy atom. The molecular weight excluding hydrogens is 384 g/mol. The lowest BCUT2D eigenvalue weighted by molar-refractivity contribution is 0.721. The Balaban J connectivity index is 1.99. The molecule has 0 fully saturated rings. The van der Waals surface area contributed by atoms with Crippen molar-refractivity contribution in [2.24, 2.45) is 0 Å². The third kappa shape index (κ3) is 3.39. The van der Waals surface area contributed by atoms with Crippen molar-refractivity contribution in [3.8, 4) is 0 Å². The lowest BCUT2D eigenvalue weighted by atomic mass is 10.0. The molecule has 0 radical (unpaired) electrons. The molecule has 0 N–H and O–H groups in total. The van der Waals surface area contributed by atoms with Gasteiger partial charge in [-0.1, -0.05) is 38.5 Å². The molecule has 0 saturated carbocycles. The van der Waals surface area contributed by atoms with Crippen LogP contribution >= 0.6 is 23.1 Å². The fraction of sp³-hybridized carbons (Fsp3) is 0.591. The first-order valence-corrected chi connectivity index (χ1v) is 12.7. The van der Waals surface area contributed by atoms with Crippen molar-refractivity contribution in [2.45, 2.75) is 70.9 Å². The van der Waals surface area contributed by atoms with Crippen LogP contribution in [0.3, 0.4) is 0 Å². The Morgan fingerprint density at radius 3 is 2.57 bits per heavy atom. The third-order valence-electron chi connectivity index (χ3n) is 5.71. The lowest BCUT2D eigenvalue weighted by Crippen LogP contribution is -2.25. The van der Waals surface area contributed by atoms with Crippen molar-refractivity contribution in [1.29, 1.82) is 0 Å². The fourth-order valence-electron chi connectivity index (χ4n) is 4.32. The van der Waals surface area contributed by atoms with Gasteiger partial charge in [-0.3, -0.25) is 0 Å². The predicted octanol–water partition coefficient (Wildman–Crippen LogP) is 6.03. The summed E-state index contributed by atoms with van der Waals surface area (Å²) >= 11 is 3.45. The molecule has 150 valence electrons. The Labute approximate surface area is 176 Å². The molecule has 1 aliphatic carbocycles. The monoisotopic (exact) mass is 414 g/mol.